The third-order valence-electron chi connectivity index (χ3n) is 5.47. The van der Waals surface area contributed by atoms with Crippen LogP contribution in [0.15, 0.2) is 135 Å². The molecule has 42 heavy (non-hydrogen) atoms. The minimum absolute atomic E-state index is 0.0606. The quantitative estimate of drug-likeness (QED) is 0.212. The maximum absolute atomic E-state index is 11.8. The summed E-state index contributed by atoms with van der Waals surface area (Å²) in [4.78, 5) is 37.4. The van der Waals surface area contributed by atoms with Crippen molar-refractivity contribution >= 4 is 23.6 Å². The van der Waals surface area contributed by atoms with Crippen molar-refractivity contribution in [3.05, 3.63) is 141 Å². The summed E-state index contributed by atoms with van der Waals surface area (Å²) in [6.07, 6.45) is 17.8. The number of aldehydes is 1. The van der Waals surface area contributed by atoms with Gasteiger partial charge in [-0.15, -0.1) is 0 Å². The van der Waals surface area contributed by atoms with E-state index in [9.17, 15) is 9.59 Å². The van der Waals surface area contributed by atoms with Gasteiger partial charge in [0.2, 0.25) is 0 Å². The normalized spacial score (nSPS) is 9.81. The number of carbonyl (C=O) groups excluding carboxylic acids is 2. The Morgan fingerprint density at radius 2 is 1.36 bits per heavy atom. The van der Waals surface area contributed by atoms with E-state index in [0.717, 1.165) is 23.3 Å². The molecule has 4 heterocycles. The number of rotatable bonds is 7. The Bertz CT molecular complexity index is 1610. The number of carbonyl (C=O) groups is 2. The summed E-state index contributed by atoms with van der Waals surface area (Å²) < 4.78 is 9.15. The SMILES string of the molecule is Nc1ccc(-n2ccnc2)cc1.O=C(COc1cccnc1)Nc1ccc(-n2ccnc2)cc1.O=Cc1cccnc1. The number of nitrogens with one attached hydrogen (secondary N) is 1. The Labute approximate surface area is 242 Å². The van der Waals surface area contributed by atoms with Crippen molar-refractivity contribution in [2.45, 2.75) is 0 Å². The predicted octanol–water partition coefficient (Wildman–Crippen LogP) is 4.63. The van der Waals surface area contributed by atoms with Crippen molar-refractivity contribution in [1.29, 1.82) is 0 Å². The van der Waals surface area contributed by atoms with Crippen molar-refractivity contribution in [2.75, 3.05) is 17.7 Å². The van der Waals surface area contributed by atoms with Crippen LogP contribution in [0.4, 0.5) is 11.4 Å². The van der Waals surface area contributed by atoms with Gasteiger partial charge in [-0.05, 0) is 72.8 Å². The van der Waals surface area contributed by atoms with Gasteiger partial charge in [0.15, 0.2) is 12.9 Å². The van der Waals surface area contributed by atoms with Gasteiger partial charge in [0.05, 0.1) is 18.9 Å². The molecule has 0 spiro atoms. The third-order valence-corrected chi connectivity index (χ3v) is 5.47. The van der Waals surface area contributed by atoms with E-state index in [-0.39, 0.29) is 12.5 Å². The average Bonchev–Trinajstić information content (AvgIpc) is 3.78. The second-order valence-corrected chi connectivity index (χ2v) is 8.51. The molecule has 11 heteroatoms. The van der Waals surface area contributed by atoms with E-state index < -0.39 is 0 Å². The minimum atomic E-state index is -0.223. The molecule has 0 atom stereocenters. The number of hydrogen-bond acceptors (Lipinski definition) is 8. The fourth-order valence-electron chi connectivity index (χ4n) is 3.41. The van der Waals surface area contributed by atoms with Gasteiger partial charge in [-0.2, -0.15) is 0 Å². The van der Waals surface area contributed by atoms with Gasteiger partial charge < -0.3 is 24.9 Å². The van der Waals surface area contributed by atoms with Crippen LogP contribution in [-0.2, 0) is 4.79 Å². The molecular weight excluding hydrogens is 532 g/mol. The maximum Gasteiger partial charge on any atom is 0.262 e. The van der Waals surface area contributed by atoms with Crippen LogP contribution in [0.1, 0.15) is 10.4 Å². The number of hydrogen-bond donors (Lipinski definition) is 2. The highest BCUT2D eigenvalue weighted by molar-refractivity contribution is 5.91. The van der Waals surface area contributed by atoms with E-state index in [1.807, 2.05) is 70.1 Å². The van der Waals surface area contributed by atoms with Crippen LogP contribution in [0.2, 0.25) is 0 Å². The van der Waals surface area contributed by atoms with Crippen LogP contribution >= 0.6 is 0 Å². The van der Waals surface area contributed by atoms with E-state index in [1.54, 1.807) is 67.9 Å². The van der Waals surface area contributed by atoms with Gasteiger partial charge >= 0.3 is 0 Å². The van der Waals surface area contributed by atoms with Crippen LogP contribution in [0.3, 0.4) is 0 Å². The molecule has 6 aromatic rings. The van der Waals surface area contributed by atoms with E-state index in [2.05, 4.69) is 25.3 Å². The number of nitrogen functional groups attached to an aromatic ring is 1. The maximum atomic E-state index is 11.8. The van der Waals surface area contributed by atoms with Crippen molar-refractivity contribution in [2.24, 2.45) is 0 Å². The molecule has 0 bridgehead atoms. The number of benzene rings is 2. The Morgan fingerprint density at radius 3 is 1.83 bits per heavy atom. The molecule has 0 fully saturated rings. The molecule has 0 saturated heterocycles. The zero-order valence-corrected chi connectivity index (χ0v) is 22.5. The first-order valence-corrected chi connectivity index (χ1v) is 12.7. The van der Waals surface area contributed by atoms with E-state index >= 15 is 0 Å². The van der Waals surface area contributed by atoms with E-state index in [1.165, 1.54) is 6.20 Å². The molecule has 6 rings (SSSR count). The number of nitrogens with zero attached hydrogens (tertiary/aromatic N) is 6. The van der Waals surface area contributed by atoms with Crippen LogP contribution in [0.5, 0.6) is 5.75 Å². The van der Waals surface area contributed by atoms with Crippen LogP contribution < -0.4 is 15.8 Å². The molecule has 0 radical (unpaired) electrons. The topological polar surface area (TPSA) is 143 Å². The molecule has 3 N–H and O–H groups in total. The van der Waals surface area contributed by atoms with Gasteiger partial charge in [0.25, 0.3) is 5.91 Å². The molecule has 11 nitrogen and oxygen atoms in total. The fourth-order valence-corrected chi connectivity index (χ4v) is 3.41. The number of aromatic nitrogens is 6. The lowest BCUT2D eigenvalue weighted by Crippen LogP contribution is -2.20. The molecule has 0 unspecified atom stereocenters. The molecule has 0 aliphatic rings. The zero-order chi connectivity index (χ0) is 29.4. The monoisotopic (exact) mass is 560 g/mol. The first kappa shape index (κ1) is 28.9. The molecule has 4 aromatic heterocycles. The predicted molar refractivity (Wildman–Crippen MR) is 160 cm³/mol. The first-order chi connectivity index (χ1) is 20.6. The first-order valence-electron chi connectivity index (χ1n) is 12.7. The Kier molecular flexibility index (Phi) is 10.7. The highest BCUT2D eigenvalue weighted by Crippen LogP contribution is 2.13. The minimum Gasteiger partial charge on any atom is -0.482 e. The Hall–Kier alpha value is -6.10. The summed E-state index contributed by atoms with van der Waals surface area (Å²) >= 11 is 0. The number of pyridine rings is 2. The molecular formula is C31H28N8O3. The van der Waals surface area contributed by atoms with Crippen molar-refractivity contribution in [3.8, 4) is 17.1 Å². The lowest BCUT2D eigenvalue weighted by Gasteiger charge is -2.08. The number of amides is 1. The lowest BCUT2D eigenvalue weighted by atomic mass is 10.2. The fraction of sp³-hybridized carbons (Fsp3) is 0.0323. The summed E-state index contributed by atoms with van der Waals surface area (Å²) in [5.41, 5.74) is 9.71. The highest BCUT2D eigenvalue weighted by Gasteiger charge is 2.04. The van der Waals surface area contributed by atoms with Gasteiger partial charge in [0.1, 0.15) is 5.75 Å². The Morgan fingerprint density at radius 1 is 0.762 bits per heavy atom. The molecule has 210 valence electrons. The smallest absolute Gasteiger partial charge is 0.262 e. The van der Waals surface area contributed by atoms with Crippen molar-refractivity contribution in [3.63, 3.8) is 0 Å². The van der Waals surface area contributed by atoms with Gasteiger partial charge in [-0.3, -0.25) is 19.6 Å². The molecule has 0 saturated carbocycles. The zero-order valence-electron chi connectivity index (χ0n) is 22.5. The summed E-state index contributed by atoms with van der Waals surface area (Å²) in [6.45, 7) is -0.0606. The molecule has 0 aliphatic carbocycles. The van der Waals surface area contributed by atoms with Gasteiger partial charge in [-0.1, -0.05) is 0 Å². The number of anilines is 2. The lowest BCUT2D eigenvalue weighted by molar-refractivity contribution is -0.118. The van der Waals surface area contributed by atoms with E-state index in [4.69, 9.17) is 10.5 Å². The van der Waals surface area contributed by atoms with Crippen LogP contribution in [0, 0.1) is 0 Å². The number of imidazole rings is 2. The molecule has 0 aliphatic heterocycles. The third kappa shape index (κ3) is 9.27. The largest absolute Gasteiger partial charge is 0.482 e. The standard InChI is InChI=1S/C16H14N4O2.C9H9N3.C6H5NO/c21-16(11-22-15-2-1-7-17-10-15)19-13-3-5-14(6-4-13)20-9-8-18-12-20;10-8-1-3-9(4-2-8)12-6-5-11-7-12;8-5-6-2-1-3-7-4-6/h1-10,12H,11H2,(H,19,21);1-7H,10H2;1-5H. The Balaban J connectivity index is 0.000000168. The highest BCUT2D eigenvalue weighted by atomic mass is 16.5. The van der Waals surface area contributed by atoms with Crippen LogP contribution in [-0.4, -0.2) is 47.9 Å². The van der Waals surface area contributed by atoms with Gasteiger partial charge in [0, 0.05) is 71.7 Å². The summed E-state index contributed by atoms with van der Waals surface area (Å²) in [5, 5.41) is 2.78. The molecule has 2 aromatic carbocycles. The summed E-state index contributed by atoms with van der Waals surface area (Å²) in [5.74, 6) is 0.340. The summed E-state index contributed by atoms with van der Waals surface area (Å²) in [6, 6.07) is 22.1. The molecule has 1 amide bonds. The van der Waals surface area contributed by atoms with Crippen molar-refractivity contribution < 1.29 is 14.3 Å². The van der Waals surface area contributed by atoms with E-state index in [0.29, 0.717) is 17.0 Å². The summed E-state index contributed by atoms with van der Waals surface area (Å²) in [7, 11) is 0. The average molecular weight is 561 g/mol. The van der Waals surface area contributed by atoms with Crippen LogP contribution in [0.25, 0.3) is 11.4 Å². The van der Waals surface area contributed by atoms with Crippen molar-refractivity contribution in [1.82, 2.24) is 29.1 Å². The van der Waals surface area contributed by atoms with Gasteiger partial charge in [-0.25, -0.2) is 9.97 Å². The number of nitrogens with two attached hydrogens (primary N) is 1. The second-order valence-electron chi connectivity index (χ2n) is 8.51. The second kappa shape index (κ2) is 15.5. The number of ether oxygens (including phenoxy) is 1.